The van der Waals surface area contributed by atoms with Gasteiger partial charge >= 0.3 is 0 Å². The third-order valence-corrected chi connectivity index (χ3v) is 5.39. The van der Waals surface area contributed by atoms with Crippen molar-refractivity contribution < 1.29 is 4.42 Å². The fraction of sp³-hybridized carbons (Fsp3) is 0.444. The van der Waals surface area contributed by atoms with Crippen LogP contribution >= 0.6 is 11.8 Å². The van der Waals surface area contributed by atoms with E-state index in [1.54, 1.807) is 6.26 Å². The summed E-state index contributed by atoms with van der Waals surface area (Å²) in [5.41, 5.74) is 1.26. The molecule has 0 radical (unpaired) electrons. The summed E-state index contributed by atoms with van der Waals surface area (Å²) in [6.45, 7) is 2.21. The van der Waals surface area contributed by atoms with E-state index in [0.717, 1.165) is 17.4 Å². The lowest BCUT2D eigenvalue weighted by atomic mass is 10.2. The minimum Gasteiger partial charge on any atom is -0.469 e. The van der Waals surface area contributed by atoms with Crippen molar-refractivity contribution in [2.24, 2.45) is 0 Å². The number of para-hydroxylation sites is 1. The molecule has 1 fully saturated rings. The van der Waals surface area contributed by atoms with Crippen LogP contribution in [0, 0.1) is 0 Å². The van der Waals surface area contributed by atoms with Gasteiger partial charge in [0.25, 0.3) is 0 Å². The summed E-state index contributed by atoms with van der Waals surface area (Å²) in [5.74, 6) is 1.04. The van der Waals surface area contributed by atoms with Gasteiger partial charge in [-0.25, -0.2) is 0 Å². The second-order valence-corrected chi connectivity index (χ2v) is 7.19. The molecule has 1 N–H and O–H groups in total. The highest BCUT2D eigenvalue weighted by Gasteiger charge is 2.18. The molecule has 2 nitrogen and oxygen atoms in total. The van der Waals surface area contributed by atoms with Crippen LogP contribution in [0.25, 0.3) is 0 Å². The predicted octanol–water partition coefficient (Wildman–Crippen LogP) is 5.36. The smallest absolute Gasteiger partial charge is 0.105 e. The Morgan fingerprint density at radius 1 is 1.19 bits per heavy atom. The van der Waals surface area contributed by atoms with Crippen molar-refractivity contribution in [3.8, 4) is 0 Å². The Morgan fingerprint density at radius 2 is 2.00 bits per heavy atom. The van der Waals surface area contributed by atoms with Crippen LogP contribution in [-0.2, 0) is 6.42 Å². The Hall–Kier alpha value is -1.35. The lowest BCUT2D eigenvalue weighted by Gasteiger charge is -2.18. The summed E-state index contributed by atoms with van der Waals surface area (Å²) in [6, 6.07) is 13.0. The van der Waals surface area contributed by atoms with Crippen molar-refractivity contribution in [1.82, 2.24) is 0 Å². The van der Waals surface area contributed by atoms with Crippen molar-refractivity contribution in [2.45, 2.75) is 55.2 Å². The average molecular weight is 301 g/mol. The molecule has 3 heteroatoms. The number of thioether (sulfide) groups is 1. The molecule has 2 aromatic rings. The van der Waals surface area contributed by atoms with Crippen molar-refractivity contribution in [2.75, 3.05) is 5.32 Å². The van der Waals surface area contributed by atoms with Crippen LogP contribution in [0.5, 0.6) is 0 Å². The van der Waals surface area contributed by atoms with E-state index >= 15 is 0 Å². The highest BCUT2D eigenvalue weighted by Crippen LogP contribution is 2.38. The maximum atomic E-state index is 5.43. The standard InChI is InChI=1S/C18H23NOS/c1-14(13-15-7-6-12-20-15)19-17-10-4-5-11-18(17)21-16-8-2-3-9-16/h4-7,10-12,14,16,19H,2-3,8-9,13H2,1H3. The van der Waals surface area contributed by atoms with Gasteiger partial charge < -0.3 is 9.73 Å². The monoisotopic (exact) mass is 301 g/mol. The van der Waals surface area contributed by atoms with E-state index in [4.69, 9.17) is 4.42 Å². The second-order valence-electron chi connectivity index (χ2n) is 5.85. The molecule has 0 bridgehead atoms. The molecule has 112 valence electrons. The molecular weight excluding hydrogens is 278 g/mol. The Morgan fingerprint density at radius 3 is 2.76 bits per heavy atom. The third kappa shape index (κ3) is 4.07. The first-order valence-corrected chi connectivity index (χ1v) is 8.74. The second kappa shape index (κ2) is 7.08. The molecule has 1 aromatic heterocycles. The molecule has 1 unspecified atom stereocenters. The van der Waals surface area contributed by atoms with E-state index in [1.807, 2.05) is 23.9 Å². The SMILES string of the molecule is CC(Cc1ccco1)Nc1ccccc1SC1CCCC1. The Balaban J connectivity index is 1.63. The molecule has 0 saturated heterocycles. The van der Waals surface area contributed by atoms with Gasteiger partial charge in [-0.2, -0.15) is 0 Å². The van der Waals surface area contributed by atoms with Crippen molar-refractivity contribution in [3.63, 3.8) is 0 Å². The van der Waals surface area contributed by atoms with E-state index in [1.165, 1.54) is 36.3 Å². The Kier molecular flexibility index (Phi) is 4.91. The van der Waals surface area contributed by atoms with Gasteiger partial charge in [-0.05, 0) is 44.0 Å². The summed E-state index contributed by atoms with van der Waals surface area (Å²) in [7, 11) is 0. The van der Waals surface area contributed by atoms with Gasteiger partial charge in [0.1, 0.15) is 5.76 Å². The molecule has 3 rings (SSSR count). The van der Waals surface area contributed by atoms with E-state index in [0.29, 0.717) is 6.04 Å². The maximum absolute atomic E-state index is 5.43. The molecule has 1 heterocycles. The molecule has 0 spiro atoms. The van der Waals surface area contributed by atoms with Gasteiger partial charge in [0.2, 0.25) is 0 Å². The van der Waals surface area contributed by atoms with Gasteiger partial charge in [-0.15, -0.1) is 11.8 Å². The first kappa shape index (κ1) is 14.6. The molecule has 0 aliphatic heterocycles. The van der Waals surface area contributed by atoms with E-state index in [9.17, 15) is 0 Å². The molecule has 1 aliphatic carbocycles. The van der Waals surface area contributed by atoms with Crippen LogP contribution in [0.3, 0.4) is 0 Å². The van der Waals surface area contributed by atoms with Crippen molar-refractivity contribution in [3.05, 3.63) is 48.4 Å². The minimum atomic E-state index is 0.362. The largest absolute Gasteiger partial charge is 0.469 e. The lowest BCUT2D eigenvalue weighted by Crippen LogP contribution is -2.18. The minimum absolute atomic E-state index is 0.362. The topological polar surface area (TPSA) is 25.2 Å². The molecule has 1 saturated carbocycles. The molecule has 1 aliphatic rings. The maximum Gasteiger partial charge on any atom is 0.105 e. The van der Waals surface area contributed by atoms with Gasteiger partial charge in [-0.3, -0.25) is 0 Å². The molecule has 1 aromatic carbocycles. The van der Waals surface area contributed by atoms with Crippen LogP contribution < -0.4 is 5.32 Å². The number of rotatable bonds is 6. The highest BCUT2D eigenvalue weighted by molar-refractivity contribution is 8.00. The van der Waals surface area contributed by atoms with E-state index in [-0.39, 0.29) is 0 Å². The van der Waals surface area contributed by atoms with E-state index in [2.05, 4.69) is 36.5 Å². The molecule has 1 atom stereocenters. The predicted molar refractivity (Wildman–Crippen MR) is 90.1 cm³/mol. The van der Waals surface area contributed by atoms with Gasteiger partial charge in [0, 0.05) is 28.3 Å². The Labute approximate surface area is 131 Å². The number of anilines is 1. The summed E-state index contributed by atoms with van der Waals surface area (Å²) in [6.07, 6.45) is 8.16. The van der Waals surface area contributed by atoms with E-state index < -0.39 is 0 Å². The summed E-state index contributed by atoms with van der Waals surface area (Å²) >= 11 is 2.04. The summed E-state index contributed by atoms with van der Waals surface area (Å²) in [4.78, 5) is 1.38. The highest BCUT2D eigenvalue weighted by atomic mass is 32.2. The van der Waals surface area contributed by atoms with Crippen LogP contribution in [0.2, 0.25) is 0 Å². The lowest BCUT2D eigenvalue weighted by molar-refractivity contribution is 0.497. The fourth-order valence-corrected chi connectivity index (χ4v) is 4.26. The van der Waals surface area contributed by atoms with Gasteiger partial charge in [0.05, 0.1) is 6.26 Å². The zero-order valence-electron chi connectivity index (χ0n) is 12.5. The van der Waals surface area contributed by atoms with Crippen LogP contribution in [0.4, 0.5) is 5.69 Å². The average Bonchev–Trinajstić information content (AvgIpc) is 3.14. The van der Waals surface area contributed by atoms with Crippen LogP contribution in [0.15, 0.2) is 52.0 Å². The molecule has 0 amide bonds. The molecular formula is C18H23NOS. The number of nitrogens with one attached hydrogen (secondary N) is 1. The summed E-state index contributed by atoms with van der Waals surface area (Å²) in [5, 5.41) is 4.44. The fourth-order valence-electron chi connectivity index (χ4n) is 2.92. The first-order valence-electron chi connectivity index (χ1n) is 7.86. The first-order chi connectivity index (χ1) is 10.3. The van der Waals surface area contributed by atoms with Crippen LogP contribution in [-0.4, -0.2) is 11.3 Å². The number of furan rings is 1. The Bertz CT molecular complexity index is 546. The van der Waals surface area contributed by atoms with Crippen molar-refractivity contribution in [1.29, 1.82) is 0 Å². The quantitative estimate of drug-likeness (QED) is 0.777. The van der Waals surface area contributed by atoms with Crippen LogP contribution in [0.1, 0.15) is 38.4 Å². The van der Waals surface area contributed by atoms with Crippen molar-refractivity contribution >= 4 is 17.4 Å². The van der Waals surface area contributed by atoms with Gasteiger partial charge in [-0.1, -0.05) is 25.0 Å². The number of benzene rings is 1. The third-order valence-electron chi connectivity index (χ3n) is 3.97. The summed E-state index contributed by atoms with van der Waals surface area (Å²) < 4.78 is 5.43. The zero-order valence-corrected chi connectivity index (χ0v) is 13.4. The molecule has 21 heavy (non-hydrogen) atoms. The zero-order chi connectivity index (χ0) is 14.5. The number of hydrogen-bond acceptors (Lipinski definition) is 3. The normalized spacial score (nSPS) is 17.0. The number of hydrogen-bond donors (Lipinski definition) is 1. The van der Waals surface area contributed by atoms with Gasteiger partial charge in [0.15, 0.2) is 0 Å².